The lowest BCUT2D eigenvalue weighted by Gasteiger charge is -2.23. The van der Waals surface area contributed by atoms with Gasteiger partial charge in [0.2, 0.25) is 5.91 Å². The molecule has 0 aliphatic carbocycles. The number of carbonyl (C=O) groups is 2. The average Bonchev–Trinajstić information content (AvgIpc) is 3.06. The second-order valence-corrected chi connectivity index (χ2v) is 5.26. The predicted molar refractivity (Wildman–Crippen MR) is 68.6 cm³/mol. The molecular weight excluding hydrogens is 260 g/mol. The van der Waals surface area contributed by atoms with Crippen molar-refractivity contribution in [1.29, 1.82) is 0 Å². The number of nitrogens with one attached hydrogen (secondary N) is 1. The zero-order valence-electron chi connectivity index (χ0n) is 10.9. The lowest BCUT2D eigenvalue weighted by molar-refractivity contribution is -0.147. The molecule has 1 aromatic rings. The molecule has 2 aliphatic rings. The monoisotopic (exact) mass is 276 g/mol. The van der Waals surface area contributed by atoms with Crippen molar-refractivity contribution in [3.8, 4) is 0 Å². The molecule has 0 saturated carbocycles. The van der Waals surface area contributed by atoms with E-state index >= 15 is 0 Å². The van der Waals surface area contributed by atoms with Crippen LogP contribution in [-0.2, 0) is 20.9 Å². The van der Waals surface area contributed by atoms with Gasteiger partial charge in [0.05, 0.1) is 24.0 Å². The number of pyridine rings is 1. The third kappa shape index (κ3) is 2.27. The van der Waals surface area contributed by atoms with Crippen LogP contribution in [0.25, 0.3) is 0 Å². The lowest BCUT2D eigenvalue weighted by Crippen LogP contribution is -2.43. The number of fused-ring (bicyclic) bond motifs is 2. The lowest BCUT2D eigenvalue weighted by atomic mass is 9.78. The van der Waals surface area contributed by atoms with Crippen LogP contribution < -0.4 is 5.32 Å². The fourth-order valence-electron chi connectivity index (χ4n) is 3.13. The SMILES string of the molecule is O=C(O)[C@@H]1[C@@H](C(=O)NCc2cccnc2)[C@H]2CC[C@H]1O2. The Balaban J connectivity index is 1.66. The number of hydrogen-bond acceptors (Lipinski definition) is 4. The zero-order valence-corrected chi connectivity index (χ0v) is 10.9. The van der Waals surface area contributed by atoms with E-state index in [1.54, 1.807) is 18.5 Å². The molecule has 3 rings (SSSR count). The number of aliphatic carboxylic acids is 1. The number of ether oxygens (including phenoxy) is 1. The van der Waals surface area contributed by atoms with E-state index in [1.807, 2.05) is 6.07 Å². The van der Waals surface area contributed by atoms with E-state index in [0.29, 0.717) is 6.54 Å². The van der Waals surface area contributed by atoms with Crippen molar-refractivity contribution in [1.82, 2.24) is 10.3 Å². The summed E-state index contributed by atoms with van der Waals surface area (Å²) in [4.78, 5) is 27.5. The van der Waals surface area contributed by atoms with Gasteiger partial charge < -0.3 is 15.2 Å². The van der Waals surface area contributed by atoms with Crippen molar-refractivity contribution in [2.45, 2.75) is 31.6 Å². The van der Waals surface area contributed by atoms with Gasteiger partial charge in [-0.2, -0.15) is 0 Å². The first-order valence-electron chi connectivity index (χ1n) is 6.71. The van der Waals surface area contributed by atoms with Gasteiger partial charge in [-0.3, -0.25) is 14.6 Å². The van der Waals surface area contributed by atoms with E-state index in [1.165, 1.54) is 0 Å². The summed E-state index contributed by atoms with van der Waals surface area (Å²) in [7, 11) is 0. The van der Waals surface area contributed by atoms with E-state index in [0.717, 1.165) is 18.4 Å². The molecule has 4 atom stereocenters. The van der Waals surface area contributed by atoms with Crippen molar-refractivity contribution in [2.24, 2.45) is 11.8 Å². The number of aromatic nitrogens is 1. The second-order valence-electron chi connectivity index (χ2n) is 5.26. The minimum atomic E-state index is -0.946. The first-order chi connectivity index (χ1) is 9.66. The van der Waals surface area contributed by atoms with Crippen LogP contribution >= 0.6 is 0 Å². The van der Waals surface area contributed by atoms with Crippen LogP contribution in [-0.4, -0.2) is 34.2 Å². The quantitative estimate of drug-likeness (QED) is 0.839. The molecule has 0 spiro atoms. The smallest absolute Gasteiger partial charge is 0.310 e. The molecule has 6 nitrogen and oxygen atoms in total. The van der Waals surface area contributed by atoms with E-state index in [9.17, 15) is 14.7 Å². The molecule has 2 fully saturated rings. The molecule has 2 saturated heterocycles. The van der Waals surface area contributed by atoms with Gasteiger partial charge in [-0.05, 0) is 24.5 Å². The van der Waals surface area contributed by atoms with Crippen molar-refractivity contribution >= 4 is 11.9 Å². The highest BCUT2D eigenvalue weighted by Crippen LogP contribution is 2.43. The van der Waals surface area contributed by atoms with Crippen LogP contribution in [0.3, 0.4) is 0 Å². The van der Waals surface area contributed by atoms with Crippen LogP contribution in [0, 0.1) is 11.8 Å². The summed E-state index contributed by atoms with van der Waals surface area (Å²) in [5, 5.41) is 12.1. The van der Waals surface area contributed by atoms with Gasteiger partial charge in [0, 0.05) is 18.9 Å². The molecule has 106 valence electrons. The number of carbonyl (C=O) groups excluding carboxylic acids is 1. The molecule has 2 N–H and O–H groups in total. The number of rotatable bonds is 4. The Morgan fingerprint density at radius 3 is 2.75 bits per heavy atom. The third-order valence-electron chi connectivity index (χ3n) is 4.05. The van der Waals surface area contributed by atoms with Crippen LogP contribution in [0.4, 0.5) is 0 Å². The van der Waals surface area contributed by atoms with E-state index in [-0.39, 0.29) is 18.1 Å². The number of carboxylic acid groups (broad SMARTS) is 1. The topological polar surface area (TPSA) is 88.5 Å². The Hall–Kier alpha value is -1.95. The summed E-state index contributed by atoms with van der Waals surface area (Å²) >= 11 is 0. The maximum absolute atomic E-state index is 12.2. The Morgan fingerprint density at radius 2 is 2.10 bits per heavy atom. The molecule has 6 heteroatoms. The Morgan fingerprint density at radius 1 is 1.35 bits per heavy atom. The third-order valence-corrected chi connectivity index (χ3v) is 4.05. The molecular formula is C14H16N2O4. The Labute approximate surface area is 116 Å². The number of hydrogen-bond donors (Lipinski definition) is 2. The molecule has 0 unspecified atom stereocenters. The molecule has 3 heterocycles. The van der Waals surface area contributed by atoms with Crippen molar-refractivity contribution in [2.75, 3.05) is 0 Å². The molecule has 2 aliphatic heterocycles. The molecule has 20 heavy (non-hydrogen) atoms. The van der Waals surface area contributed by atoms with Gasteiger partial charge in [-0.25, -0.2) is 0 Å². The van der Waals surface area contributed by atoms with Crippen molar-refractivity contribution in [3.05, 3.63) is 30.1 Å². The minimum absolute atomic E-state index is 0.242. The molecule has 2 bridgehead atoms. The molecule has 0 aromatic carbocycles. The first-order valence-corrected chi connectivity index (χ1v) is 6.71. The summed E-state index contributed by atoms with van der Waals surface area (Å²) < 4.78 is 5.58. The van der Waals surface area contributed by atoms with Crippen LogP contribution in [0.5, 0.6) is 0 Å². The molecule has 1 amide bonds. The predicted octanol–water partition coefficient (Wildman–Crippen LogP) is 0.576. The van der Waals surface area contributed by atoms with E-state index < -0.39 is 17.8 Å². The van der Waals surface area contributed by atoms with Gasteiger partial charge in [-0.15, -0.1) is 0 Å². The normalized spacial score (nSPS) is 31.2. The van der Waals surface area contributed by atoms with Gasteiger partial charge >= 0.3 is 5.97 Å². The minimum Gasteiger partial charge on any atom is -0.481 e. The number of nitrogens with zero attached hydrogens (tertiary/aromatic N) is 1. The fraction of sp³-hybridized carbons (Fsp3) is 0.500. The maximum Gasteiger partial charge on any atom is 0.310 e. The zero-order chi connectivity index (χ0) is 14.1. The molecule has 0 radical (unpaired) electrons. The number of amides is 1. The highest BCUT2D eigenvalue weighted by atomic mass is 16.5. The summed E-state index contributed by atoms with van der Waals surface area (Å²) in [6.45, 7) is 0.354. The highest BCUT2D eigenvalue weighted by Gasteiger charge is 2.55. The van der Waals surface area contributed by atoms with Crippen LogP contribution in [0.2, 0.25) is 0 Å². The van der Waals surface area contributed by atoms with Crippen LogP contribution in [0.15, 0.2) is 24.5 Å². The van der Waals surface area contributed by atoms with E-state index in [2.05, 4.69) is 10.3 Å². The largest absolute Gasteiger partial charge is 0.481 e. The highest BCUT2D eigenvalue weighted by molar-refractivity contribution is 5.86. The maximum atomic E-state index is 12.2. The van der Waals surface area contributed by atoms with Gasteiger partial charge in [0.1, 0.15) is 0 Å². The van der Waals surface area contributed by atoms with Crippen molar-refractivity contribution in [3.63, 3.8) is 0 Å². The average molecular weight is 276 g/mol. The standard InChI is InChI=1S/C14H16N2O4/c17-13(16-7-8-2-1-5-15-6-8)11-9-3-4-10(20-9)12(11)14(18)19/h1-2,5-6,9-12H,3-4,7H2,(H,16,17)(H,18,19)/t9-,10-,11+,12+/m1/s1. The number of carboxylic acids is 1. The van der Waals surface area contributed by atoms with E-state index in [4.69, 9.17) is 4.74 Å². The molecule has 1 aromatic heterocycles. The Kier molecular flexibility index (Phi) is 3.40. The summed E-state index contributed by atoms with van der Waals surface area (Å²) in [6.07, 6.45) is 4.26. The summed E-state index contributed by atoms with van der Waals surface area (Å²) in [5.74, 6) is -2.49. The Bertz CT molecular complexity index is 519. The van der Waals surface area contributed by atoms with Gasteiger partial charge in [0.25, 0.3) is 0 Å². The van der Waals surface area contributed by atoms with Gasteiger partial charge in [0.15, 0.2) is 0 Å². The van der Waals surface area contributed by atoms with Gasteiger partial charge in [-0.1, -0.05) is 6.07 Å². The summed E-state index contributed by atoms with van der Waals surface area (Å²) in [5.41, 5.74) is 0.886. The fourth-order valence-corrected chi connectivity index (χ4v) is 3.13. The first kappa shape index (κ1) is 13.1. The second kappa shape index (κ2) is 5.20. The van der Waals surface area contributed by atoms with Crippen molar-refractivity contribution < 1.29 is 19.4 Å². The summed E-state index contributed by atoms with van der Waals surface area (Å²) in [6, 6.07) is 3.65. The van der Waals surface area contributed by atoms with Crippen LogP contribution in [0.1, 0.15) is 18.4 Å².